The first-order chi connectivity index (χ1) is 13.4. The van der Waals surface area contributed by atoms with Gasteiger partial charge in [-0.15, -0.1) is 0 Å². The smallest absolute Gasteiger partial charge is 0.218 e. The maximum absolute atomic E-state index is 13.4. The zero-order valence-electron chi connectivity index (χ0n) is 15.5. The molecule has 28 heavy (non-hydrogen) atoms. The molecule has 2 aromatic rings. The van der Waals surface area contributed by atoms with Crippen molar-refractivity contribution in [1.29, 1.82) is 0 Å². The Labute approximate surface area is 165 Å². The first-order valence-corrected chi connectivity index (χ1v) is 10.2. The molecule has 0 bridgehead atoms. The summed E-state index contributed by atoms with van der Waals surface area (Å²) < 4.78 is 26.7. The molecule has 5 heteroatoms. The van der Waals surface area contributed by atoms with Crippen LogP contribution in [0.3, 0.4) is 0 Å². The first-order valence-electron chi connectivity index (χ1n) is 8.72. The third-order valence-electron chi connectivity index (χ3n) is 4.54. The van der Waals surface area contributed by atoms with Crippen molar-refractivity contribution in [2.75, 3.05) is 0 Å². The van der Waals surface area contributed by atoms with Gasteiger partial charge >= 0.3 is 5.82 Å². The Morgan fingerprint density at radius 2 is 1.32 bits per heavy atom. The third-order valence-corrected chi connectivity index (χ3v) is 6.41. The van der Waals surface area contributed by atoms with Crippen molar-refractivity contribution in [3.63, 3.8) is 0 Å². The molecule has 0 fully saturated rings. The Kier molecular flexibility index (Phi) is 5.31. The standard InChI is InChI=1S/C23H18N2O2S/c1-16(2)17-10-12-19(13-11-17)22-15-20(23(24-3)25-4)14-21(28(22,26)27)18-8-6-5-7-9-18/h5-16H,1-2H3. The van der Waals surface area contributed by atoms with Gasteiger partial charge in [0.1, 0.15) is 13.1 Å². The third kappa shape index (κ3) is 3.53. The van der Waals surface area contributed by atoms with Gasteiger partial charge in [-0.2, -0.15) is 9.69 Å². The van der Waals surface area contributed by atoms with E-state index in [4.69, 9.17) is 13.1 Å². The van der Waals surface area contributed by atoms with Gasteiger partial charge in [0, 0.05) is 0 Å². The maximum Gasteiger partial charge on any atom is 0.526 e. The largest absolute Gasteiger partial charge is 0.526 e. The fourth-order valence-electron chi connectivity index (χ4n) is 2.99. The molecule has 0 aliphatic carbocycles. The van der Waals surface area contributed by atoms with Crippen LogP contribution >= 0.6 is 0 Å². The Bertz CT molecular complexity index is 1170. The Morgan fingerprint density at radius 1 is 0.821 bits per heavy atom. The second-order valence-corrected chi connectivity index (χ2v) is 8.55. The van der Waals surface area contributed by atoms with Crippen LogP contribution in [0.5, 0.6) is 0 Å². The molecule has 0 spiro atoms. The highest BCUT2D eigenvalue weighted by Crippen LogP contribution is 2.39. The van der Waals surface area contributed by atoms with E-state index in [2.05, 4.69) is 23.5 Å². The van der Waals surface area contributed by atoms with Gasteiger partial charge < -0.3 is 0 Å². The SMILES string of the molecule is [C-]#[N+]C([N+]#[C-])=C1C=C(c2ccccc2)S(=O)(=O)C(c2ccc(C(C)C)cc2)=C1. The van der Waals surface area contributed by atoms with Crippen LogP contribution in [0.2, 0.25) is 0 Å². The van der Waals surface area contributed by atoms with E-state index in [0.29, 0.717) is 22.6 Å². The van der Waals surface area contributed by atoms with Crippen molar-refractivity contribution < 1.29 is 8.42 Å². The summed E-state index contributed by atoms with van der Waals surface area (Å²) in [5.74, 6) is 0.177. The molecule has 1 heterocycles. The minimum absolute atomic E-state index is 0.0957. The van der Waals surface area contributed by atoms with Gasteiger partial charge in [0.2, 0.25) is 9.84 Å². The van der Waals surface area contributed by atoms with Crippen LogP contribution in [-0.4, -0.2) is 8.42 Å². The number of hydrogen-bond donors (Lipinski definition) is 0. The molecule has 0 saturated carbocycles. The molecule has 4 nitrogen and oxygen atoms in total. The lowest BCUT2D eigenvalue weighted by molar-refractivity contribution is 0.614. The number of allylic oxidation sites excluding steroid dienone is 3. The van der Waals surface area contributed by atoms with Crippen molar-refractivity contribution in [1.82, 2.24) is 0 Å². The number of sulfone groups is 1. The van der Waals surface area contributed by atoms with Gasteiger partial charge in [-0.25, -0.2) is 8.42 Å². The summed E-state index contributed by atoms with van der Waals surface area (Å²) in [7, 11) is -3.80. The fourth-order valence-corrected chi connectivity index (χ4v) is 4.69. The Balaban J connectivity index is 2.26. The van der Waals surface area contributed by atoms with E-state index in [1.165, 1.54) is 12.2 Å². The molecule has 0 amide bonds. The van der Waals surface area contributed by atoms with Gasteiger partial charge in [0.25, 0.3) is 0 Å². The van der Waals surface area contributed by atoms with Crippen molar-refractivity contribution in [2.45, 2.75) is 19.8 Å². The number of benzene rings is 2. The minimum Gasteiger partial charge on any atom is -0.218 e. The van der Waals surface area contributed by atoms with E-state index >= 15 is 0 Å². The summed E-state index contributed by atoms with van der Waals surface area (Å²) in [5, 5.41) is 0. The van der Waals surface area contributed by atoms with Crippen molar-refractivity contribution >= 4 is 19.6 Å². The topological polar surface area (TPSA) is 42.9 Å². The van der Waals surface area contributed by atoms with E-state index in [0.717, 1.165) is 5.56 Å². The van der Waals surface area contributed by atoms with Gasteiger partial charge in [-0.05, 0) is 34.8 Å². The first kappa shape index (κ1) is 19.4. The fraction of sp³-hybridized carbons (Fsp3) is 0.130. The van der Waals surface area contributed by atoms with Gasteiger partial charge in [-0.3, -0.25) is 0 Å². The Morgan fingerprint density at radius 3 is 1.79 bits per heavy atom. The van der Waals surface area contributed by atoms with E-state index in [-0.39, 0.29) is 15.6 Å². The number of hydrogen-bond acceptors (Lipinski definition) is 2. The Hall–Kier alpha value is -3.41. The second kappa shape index (κ2) is 7.68. The van der Waals surface area contributed by atoms with Crippen LogP contribution in [0.4, 0.5) is 0 Å². The van der Waals surface area contributed by atoms with Gasteiger partial charge in [0.05, 0.1) is 15.4 Å². The van der Waals surface area contributed by atoms with Crippen LogP contribution in [0, 0.1) is 13.1 Å². The summed E-state index contributed by atoms with van der Waals surface area (Å²) in [6.07, 6.45) is 2.85. The summed E-state index contributed by atoms with van der Waals surface area (Å²) in [4.78, 5) is 6.72. The van der Waals surface area contributed by atoms with E-state index in [9.17, 15) is 8.42 Å². The molecular weight excluding hydrogens is 368 g/mol. The normalized spacial score (nSPS) is 15.2. The predicted molar refractivity (Wildman–Crippen MR) is 112 cm³/mol. The molecule has 0 unspecified atom stereocenters. The van der Waals surface area contributed by atoms with Crippen LogP contribution in [0.25, 0.3) is 19.5 Å². The zero-order chi connectivity index (χ0) is 20.3. The molecule has 2 aromatic carbocycles. The maximum atomic E-state index is 13.4. The lowest BCUT2D eigenvalue weighted by Gasteiger charge is -2.18. The molecule has 0 saturated heterocycles. The monoisotopic (exact) mass is 386 g/mol. The average molecular weight is 386 g/mol. The van der Waals surface area contributed by atoms with Crippen LogP contribution in [0.15, 0.2) is 78.1 Å². The van der Waals surface area contributed by atoms with Gasteiger partial charge in [0.15, 0.2) is 0 Å². The van der Waals surface area contributed by atoms with E-state index in [1.807, 2.05) is 12.1 Å². The number of nitrogens with zero attached hydrogens (tertiary/aromatic N) is 2. The summed E-state index contributed by atoms with van der Waals surface area (Å²) in [6, 6.07) is 16.1. The van der Waals surface area contributed by atoms with Crippen LogP contribution < -0.4 is 0 Å². The van der Waals surface area contributed by atoms with E-state index < -0.39 is 9.84 Å². The molecule has 1 aliphatic rings. The van der Waals surface area contributed by atoms with Crippen molar-refractivity contribution in [3.8, 4) is 0 Å². The highest BCUT2D eigenvalue weighted by Gasteiger charge is 2.32. The molecule has 138 valence electrons. The summed E-state index contributed by atoms with van der Waals surface area (Å²) in [5.41, 5.74) is 2.48. The molecule has 1 aliphatic heterocycles. The lowest BCUT2D eigenvalue weighted by atomic mass is 10.0. The van der Waals surface area contributed by atoms with Crippen molar-refractivity contribution in [2.24, 2.45) is 0 Å². The predicted octanol–water partition coefficient (Wildman–Crippen LogP) is 5.67. The molecule has 3 rings (SSSR count). The molecule has 0 aromatic heterocycles. The van der Waals surface area contributed by atoms with E-state index in [1.54, 1.807) is 42.5 Å². The quantitative estimate of drug-likeness (QED) is 0.638. The van der Waals surface area contributed by atoms with Crippen LogP contribution in [-0.2, 0) is 9.84 Å². The zero-order valence-corrected chi connectivity index (χ0v) is 16.4. The lowest BCUT2D eigenvalue weighted by Crippen LogP contribution is -2.11. The second-order valence-electron chi connectivity index (χ2n) is 6.67. The summed E-state index contributed by atoms with van der Waals surface area (Å²) in [6.45, 7) is 18.7. The molecular formula is C23H18N2O2S. The number of rotatable bonds is 3. The van der Waals surface area contributed by atoms with Gasteiger partial charge in [-0.1, -0.05) is 68.4 Å². The minimum atomic E-state index is -3.80. The highest BCUT2D eigenvalue weighted by atomic mass is 32.2. The molecule has 0 radical (unpaired) electrons. The summed E-state index contributed by atoms with van der Waals surface area (Å²) >= 11 is 0. The van der Waals surface area contributed by atoms with Crippen molar-refractivity contribution in [3.05, 3.63) is 118 Å². The highest BCUT2D eigenvalue weighted by molar-refractivity contribution is 8.09. The molecule has 0 atom stereocenters. The van der Waals surface area contributed by atoms with Crippen LogP contribution in [0.1, 0.15) is 36.5 Å². The average Bonchev–Trinajstić information content (AvgIpc) is 2.70. The molecule has 0 N–H and O–H groups in total.